The van der Waals surface area contributed by atoms with Crippen LogP contribution in [0.2, 0.25) is 0 Å². The Hall–Kier alpha value is -3.59. The molecule has 2 aromatic heterocycles. The second-order valence-electron chi connectivity index (χ2n) is 6.62. The Bertz CT molecular complexity index is 1290. The number of hydrogen-bond acceptors (Lipinski definition) is 6. The summed E-state index contributed by atoms with van der Waals surface area (Å²) in [5, 5.41) is 4.63. The van der Waals surface area contributed by atoms with Crippen molar-refractivity contribution in [2.24, 2.45) is 0 Å². The van der Waals surface area contributed by atoms with Gasteiger partial charge in [-0.2, -0.15) is 0 Å². The zero-order valence-electron chi connectivity index (χ0n) is 15.9. The van der Waals surface area contributed by atoms with Crippen LogP contribution < -0.4 is 10.3 Å². The highest BCUT2D eigenvalue weighted by Gasteiger charge is 2.20. The number of ether oxygens (including phenoxy) is 1. The van der Waals surface area contributed by atoms with E-state index in [1.54, 1.807) is 30.5 Å². The smallest absolute Gasteiger partial charge is 0.282 e. The molecule has 2 aromatic carbocycles. The van der Waals surface area contributed by atoms with E-state index in [1.807, 2.05) is 30.3 Å². The average molecular weight is 425 g/mol. The molecule has 4 rings (SSSR count). The van der Waals surface area contributed by atoms with Crippen LogP contribution in [-0.4, -0.2) is 30.2 Å². The normalized spacial score (nSPS) is 11.5. The molecule has 0 atom stereocenters. The molecule has 2 heterocycles. The molecule has 0 fully saturated rings. The van der Waals surface area contributed by atoms with Crippen molar-refractivity contribution in [2.45, 2.75) is 17.1 Å². The third-order valence-electron chi connectivity index (χ3n) is 4.40. The Morgan fingerprint density at radius 2 is 1.90 bits per heavy atom. The van der Waals surface area contributed by atoms with Gasteiger partial charge < -0.3 is 14.3 Å². The van der Waals surface area contributed by atoms with Gasteiger partial charge in [0.1, 0.15) is 12.0 Å². The maximum atomic E-state index is 12.4. The van der Waals surface area contributed by atoms with E-state index in [-0.39, 0.29) is 10.6 Å². The number of hydrogen-bond donors (Lipinski definition) is 2. The molecule has 0 aliphatic carbocycles. The molecule has 0 spiro atoms. The fourth-order valence-corrected chi connectivity index (χ4v) is 4.30. The number of oxazole rings is 1. The summed E-state index contributed by atoms with van der Waals surface area (Å²) in [4.78, 5) is 15.8. The minimum Gasteiger partial charge on any atom is -0.493 e. The number of nitrogens with zero attached hydrogens (tertiary/aromatic N) is 1. The van der Waals surface area contributed by atoms with Gasteiger partial charge in [-0.3, -0.25) is 9.89 Å². The molecular weight excluding hydrogens is 406 g/mol. The topological polar surface area (TPSA) is 118 Å². The predicted octanol–water partition coefficient (Wildman–Crippen LogP) is 2.95. The maximum Gasteiger partial charge on any atom is 0.282 e. The predicted molar refractivity (Wildman–Crippen MR) is 110 cm³/mol. The molecule has 9 heteroatoms. The van der Waals surface area contributed by atoms with Gasteiger partial charge in [0.2, 0.25) is 5.89 Å². The number of rotatable bonds is 8. The average Bonchev–Trinajstić information content (AvgIpc) is 3.38. The van der Waals surface area contributed by atoms with Gasteiger partial charge in [-0.25, -0.2) is 13.4 Å². The monoisotopic (exact) mass is 425 g/mol. The van der Waals surface area contributed by atoms with Crippen LogP contribution in [0.5, 0.6) is 5.75 Å². The SMILES string of the molecule is O=c1[nH][nH]cc1S(=O)(=O)Cc1cccc(OCCc2coc(-c3ccccc3)n2)c1. The van der Waals surface area contributed by atoms with Crippen LogP contribution in [0.1, 0.15) is 11.3 Å². The molecular formula is C21H19N3O5S. The minimum atomic E-state index is -3.76. The quantitative estimate of drug-likeness (QED) is 0.448. The van der Waals surface area contributed by atoms with Gasteiger partial charge in [-0.15, -0.1) is 0 Å². The Labute approximate surface area is 172 Å². The lowest BCUT2D eigenvalue weighted by Gasteiger charge is -2.07. The molecule has 0 unspecified atom stereocenters. The molecule has 8 nitrogen and oxygen atoms in total. The van der Waals surface area contributed by atoms with Crippen LogP contribution in [0.3, 0.4) is 0 Å². The van der Waals surface area contributed by atoms with E-state index < -0.39 is 15.4 Å². The fraction of sp³-hybridized carbons (Fsp3) is 0.143. The first-order chi connectivity index (χ1) is 14.5. The van der Waals surface area contributed by atoms with Crippen molar-refractivity contribution in [1.82, 2.24) is 15.2 Å². The molecule has 2 N–H and O–H groups in total. The summed E-state index contributed by atoms with van der Waals surface area (Å²) in [7, 11) is -3.76. The molecule has 154 valence electrons. The van der Waals surface area contributed by atoms with Crippen LogP contribution in [0, 0.1) is 0 Å². The zero-order valence-corrected chi connectivity index (χ0v) is 16.7. The third kappa shape index (κ3) is 4.52. The van der Waals surface area contributed by atoms with E-state index in [0.29, 0.717) is 30.2 Å². The highest BCUT2D eigenvalue weighted by atomic mass is 32.2. The lowest BCUT2D eigenvalue weighted by molar-refractivity contribution is 0.320. The van der Waals surface area contributed by atoms with Crippen molar-refractivity contribution in [1.29, 1.82) is 0 Å². The lowest BCUT2D eigenvalue weighted by atomic mass is 10.2. The second kappa shape index (κ2) is 8.42. The van der Waals surface area contributed by atoms with Crippen molar-refractivity contribution >= 4 is 9.84 Å². The van der Waals surface area contributed by atoms with Gasteiger partial charge in [0.15, 0.2) is 14.7 Å². The number of sulfone groups is 1. The molecule has 0 saturated carbocycles. The first-order valence-electron chi connectivity index (χ1n) is 9.22. The zero-order chi connectivity index (χ0) is 21.0. The first kappa shape index (κ1) is 19.7. The number of benzene rings is 2. The molecule has 0 aliphatic heterocycles. The molecule has 0 radical (unpaired) electrons. The fourth-order valence-electron chi connectivity index (χ4n) is 2.96. The van der Waals surface area contributed by atoms with Gasteiger partial charge in [-0.1, -0.05) is 30.3 Å². The van der Waals surface area contributed by atoms with Crippen molar-refractivity contribution in [3.8, 4) is 17.2 Å². The van der Waals surface area contributed by atoms with Crippen molar-refractivity contribution in [2.75, 3.05) is 6.61 Å². The third-order valence-corrected chi connectivity index (χ3v) is 6.09. The van der Waals surface area contributed by atoms with E-state index >= 15 is 0 Å². The van der Waals surface area contributed by atoms with Crippen LogP contribution in [0.25, 0.3) is 11.5 Å². The molecule has 30 heavy (non-hydrogen) atoms. The van der Waals surface area contributed by atoms with Crippen molar-refractivity contribution in [3.05, 3.63) is 88.7 Å². The molecule has 0 aliphatic rings. The first-order valence-corrected chi connectivity index (χ1v) is 10.9. The van der Waals surface area contributed by atoms with Crippen LogP contribution in [0.15, 0.2) is 81.2 Å². The second-order valence-corrected chi connectivity index (χ2v) is 8.58. The number of nitrogens with one attached hydrogen (secondary N) is 2. The molecule has 0 saturated heterocycles. The van der Waals surface area contributed by atoms with E-state index in [0.717, 1.165) is 17.5 Å². The van der Waals surface area contributed by atoms with Gasteiger partial charge in [-0.05, 0) is 29.8 Å². The Balaban J connectivity index is 1.37. The summed E-state index contributed by atoms with van der Waals surface area (Å²) in [6.07, 6.45) is 3.29. The minimum absolute atomic E-state index is 0.283. The summed E-state index contributed by atoms with van der Waals surface area (Å²) in [6.45, 7) is 0.356. The van der Waals surface area contributed by atoms with Crippen LogP contribution in [-0.2, 0) is 22.0 Å². The van der Waals surface area contributed by atoms with Crippen molar-refractivity contribution < 1.29 is 17.6 Å². The van der Waals surface area contributed by atoms with E-state index in [9.17, 15) is 13.2 Å². The molecule has 0 bridgehead atoms. The van der Waals surface area contributed by atoms with Crippen LogP contribution >= 0.6 is 0 Å². The van der Waals surface area contributed by atoms with E-state index in [4.69, 9.17) is 9.15 Å². The van der Waals surface area contributed by atoms with Gasteiger partial charge in [0.05, 0.1) is 18.1 Å². The number of aromatic nitrogens is 3. The highest BCUT2D eigenvalue weighted by molar-refractivity contribution is 7.90. The highest BCUT2D eigenvalue weighted by Crippen LogP contribution is 2.20. The summed E-state index contributed by atoms with van der Waals surface area (Å²) in [6, 6.07) is 16.4. The Morgan fingerprint density at radius 1 is 1.07 bits per heavy atom. The summed E-state index contributed by atoms with van der Waals surface area (Å²) in [5.41, 5.74) is 1.53. The molecule has 4 aromatic rings. The van der Waals surface area contributed by atoms with Crippen LogP contribution in [0.4, 0.5) is 0 Å². The standard InChI is InChI=1S/C21H19N3O5S/c25-20-19(12-22-24-20)30(26,27)14-15-5-4-8-18(11-15)28-10-9-17-13-29-21(23-17)16-6-2-1-3-7-16/h1-8,11-13H,9-10,14H2,(H2,22,24,25). The molecule has 0 amide bonds. The number of aromatic amines is 2. The Morgan fingerprint density at radius 3 is 2.67 bits per heavy atom. The van der Waals surface area contributed by atoms with Crippen molar-refractivity contribution in [3.63, 3.8) is 0 Å². The van der Waals surface area contributed by atoms with E-state index in [1.165, 1.54) is 0 Å². The van der Waals surface area contributed by atoms with Gasteiger partial charge in [0, 0.05) is 18.2 Å². The van der Waals surface area contributed by atoms with Gasteiger partial charge >= 0.3 is 0 Å². The summed E-state index contributed by atoms with van der Waals surface area (Å²) in [5.74, 6) is 0.796. The van der Waals surface area contributed by atoms with Gasteiger partial charge in [0.25, 0.3) is 5.56 Å². The largest absolute Gasteiger partial charge is 0.493 e. The lowest BCUT2D eigenvalue weighted by Crippen LogP contribution is -2.14. The number of H-pyrrole nitrogens is 2. The van der Waals surface area contributed by atoms with E-state index in [2.05, 4.69) is 15.2 Å². The maximum absolute atomic E-state index is 12.4. The summed E-state index contributed by atoms with van der Waals surface area (Å²) >= 11 is 0. The Kier molecular flexibility index (Phi) is 5.53. The summed E-state index contributed by atoms with van der Waals surface area (Å²) < 4.78 is 36.1.